The molecule has 7 rings (SSSR count). The Morgan fingerprint density at radius 2 is 0.708 bits per heavy atom. The van der Waals surface area contributed by atoms with Gasteiger partial charge in [0, 0.05) is 0 Å². The fourth-order valence-corrected chi connectivity index (χ4v) is 8.31. The highest BCUT2D eigenvalue weighted by molar-refractivity contribution is 6.00. The van der Waals surface area contributed by atoms with Crippen LogP contribution in [0.2, 0.25) is 0 Å². The Bertz CT molecular complexity index is 1520. The molecule has 3 aliphatic rings. The molecule has 0 heterocycles. The van der Waals surface area contributed by atoms with Gasteiger partial charge in [-0.1, -0.05) is 96.8 Å². The molecule has 0 bridgehead atoms. The van der Waals surface area contributed by atoms with Crippen LogP contribution in [0.15, 0.2) is 54.6 Å². The highest BCUT2D eigenvalue weighted by Gasteiger charge is 2.37. The topological polar surface area (TPSA) is 27.7 Å². The van der Waals surface area contributed by atoms with Gasteiger partial charge in [-0.05, 0) is 142 Å². The molecule has 252 valence electrons. The van der Waals surface area contributed by atoms with Crippen molar-refractivity contribution in [3.63, 3.8) is 0 Å². The Labute approximate surface area is 289 Å². The standard InChI is InChI=1S/C45H54O3/c1-4-7-10-13-22-46-34-16-19-37-31(25-34)28-40-43(37)41-29-32-26-36(48-24-15-12-9-6-3)18-21-39(32)45(41)42-30-33-27-35(17-20-38(33)44(40)42)47-23-14-11-8-5-2/h16-21,25-27H,4-15,22-24,28-30H2,1-3H3. The van der Waals surface area contributed by atoms with Gasteiger partial charge in [0.15, 0.2) is 0 Å². The van der Waals surface area contributed by atoms with Gasteiger partial charge in [0.2, 0.25) is 0 Å². The van der Waals surface area contributed by atoms with Gasteiger partial charge in [-0.25, -0.2) is 0 Å². The fourth-order valence-electron chi connectivity index (χ4n) is 8.31. The molecule has 0 N–H and O–H groups in total. The number of ether oxygens (including phenoxy) is 3. The zero-order valence-electron chi connectivity index (χ0n) is 29.6. The molecule has 0 saturated carbocycles. The van der Waals surface area contributed by atoms with E-state index in [4.69, 9.17) is 14.2 Å². The summed E-state index contributed by atoms with van der Waals surface area (Å²) in [5.41, 5.74) is 17.3. The van der Waals surface area contributed by atoms with Crippen LogP contribution in [0, 0.1) is 0 Å². The molecule has 0 unspecified atom stereocenters. The third kappa shape index (κ3) is 6.63. The van der Waals surface area contributed by atoms with Crippen LogP contribution in [0.4, 0.5) is 0 Å². The lowest BCUT2D eigenvalue weighted by Crippen LogP contribution is -1.98. The molecule has 3 aliphatic carbocycles. The summed E-state index contributed by atoms with van der Waals surface area (Å²) in [4.78, 5) is 0. The molecular weight excluding hydrogens is 588 g/mol. The second-order valence-electron chi connectivity index (χ2n) is 14.3. The number of hydrogen-bond donors (Lipinski definition) is 0. The van der Waals surface area contributed by atoms with E-state index in [1.54, 1.807) is 0 Å². The van der Waals surface area contributed by atoms with E-state index in [1.165, 1.54) is 125 Å². The Morgan fingerprint density at radius 3 is 1.00 bits per heavy atom. The Hall–Kier alpha value is -3.72. The van der Waals surface area contributed by atoms with Crippen molar-refractivity contribution in [2.24, 2.45) is 0 Å². The highest BCUT2D eigenvalue weighted by Crippen LogP contribution is 2.57. The van der Waals surface area contributed by atoms with Crippen LogP contribution in [-0.2, 0) is 19.3 Å². The van der Waals surface area contributed by atoms with Gasteiger partial charge in [-0.3, -0.25) is 0 Å². The average molecular weight is 643 g/mol. The third-order valence-electron chi connectivity index (χ3n) is 10.8. The van der Waals surface area contributed by atoms with Crippen molar-refractivity contribution in [2.75, 3.05) is 19.8 Å². The summed E-state index contributed by atoms with van der Waals surface area (Å²) in [7, 11) is 0. The first-order valence-corrected chi connectivity index (χ1v) is 19.2. The maximum absolute atomic E-state index is 6.27. The molecule has 0 spiro atoms. The largest absolute Gasteiger partial charge is 0.494 e. The summed E-state index contributed by atoms with van der Waals surface area (Å²) in [6.45, 7) is 9.16. The second kappa shape index (κ2) is 15.2. The van der Waals surface area contributed by atoms with Crippen LogP contribution >= 0.6 is 0 Å². The lowest BCUT2D eigenvalue weighted by Gasteiger charge is -2.17. The Balaban J connectivity index is 1.22. The number of rotatable bonds is 18. The summed E-state index contributed by atoms with van der Waals surface area (Å²) in [5.74, 6) is 3.03. The molecule has 4 aromatic carbocycles. The van der Waals surface area contributed by atoms with Crippen molar-refractivity contribution in [3.8, 4) is 50.6 Å². The molecule has 0 amide bonds. The van der Waals surface area contributed by atoms with E-state index in [1.807, 2.05) is 0 Å². The van der Waals surface area contributed by atoms with Gasteiger partial charge in [0.1, 0.15) is 17.2 Å². The molecule has 0 aromatic heterocycles. The molecule has 0 saturated heterocycles. The highest BCUT2D eigenvalue weighted by atomic mass is 16.5. The molecule has 4 aromatic rings. The summed E-state index contributed by atoms with van der Waals surface area (Å²) in [6, 6.07) is 20.6. The summed E-state index contributed by atoms with van der Waals surface area (Å²) < 4.78 is 18.8. The molecule has 0 aliphatic heterocycles. The third-order valence-corrected chi connectivity index (χ3v) is 10.8. The molecule has 48 heavy (non-hydrogen) atoms. The van der Waals surface area contributed by atoms with Gasteiger partial charge in [0.05, 0.1) is 19.8 Å². The van der Waals surface area contributed by atoms with Crippen LogP contribution in [0.5, 0.6) is 17.2 Å². The number of hydrogen-bond acceptors (Lipinski definition) is 3. The minimum absolute atomic E-state index is 0.797. The van der Waals surface area contributed by atoms with Gasteiger partial charge in [-0.15, -0.1) is 0 Å². The Kier molecular flexibility index (Phi) is 10.4. The number of unbranched alkanes of at least 4 members (excludes halogenated alkanes) is 9. The molecule has 0 radical (unpaired) electrons. The number of fused-ring (bicyclic) bond motifs is 12. The predicted octanol–water partition coefficient (Wildman–Crippen LogP) is 12.3. The van der Waals surface area contributed by atoms with E-state index >= 15 is 0 Å². The average Bonchev–Trinajstić information content (AvgIpc) is 3.78. The van der Waals surface area contributed by atoms with Crippen LogP contribution in [-0.4, -0.2) is 19.8 Å². The first kappa shape index (κ1) is 32.8. The van der Waals surface area contributed by atoms with E-state index in [0.29, 0.717) is 0 Å². The van der Waals surface area contributed by atoms with Crippen molar-refractivity contribution in [3.05, 3.63) is 88.0 Å². The summed E-state index contributed by atoms with van der Waals surface area (Å²) in [5, 5.41) is 0. The molecule has 3 heteroatoms. The van der Waals surface area contributed by atoms with Crippen LogP contribution in [0.3, 0.4) is 0 Å². The molecule has 3 nitrogen and oxygen atoms in total. The molecule has 0 atom stereocenters. The second-order valence-corrected chi connectivity index (χ2v) is 14.3. The van der Waals surface area contributed by atoms with Crippen molar-refractivity contribution in [1.82, 2.24) is 0 Å². The summed E-state index contributed by atoms with van der Waals surface area (Å²) in [6.07, 6.45) is 17.6. The van der Waals surface area contributed by atoms with E-state index in [0.717, 1.165) is 75.6 Å². The maximum atomic E-state index is 6.27. The molecule has 0 fully saturated rings. The van der Waals surface area contributed by atoms with Gasteiger partial charge in [0.25, 0.3) is 0 Å². The zero-order chi connectivity index (χ0) is 32.9. The lowest BCUT2D eigenvalue weighted by atomic mass is 9.86. The predicted molar refractivity (Wildman–Crippen MR) is 200 cm³/mol. The Morgan fingerprint density at radius 1 is 0.396 bits per heavy atom. The fraction of sp³-hybridized carbons (Fsp3) is 0.467. The van der Waals surface area contributed by atoms with E-state index in [-0.39, 0.29) is 0 Å². The first-order valence-electron chi connectivity index (χ1n) is 19.2. The van der Waals surface area contributed by atoms with Crippen molar-refractivity contribution in [2.45, 2.75) is 117 Å². The van der Waals surface area contributed by atoms with E-state index in [9.17, 15) is 0 Å². The van der Waals surface area contributed by atoms with Crippen LogP contribution in [0.25, 0.3) is 33.4 Å². The zero-order valence-corrected chi connectivity index (χ0v) is 29.6. The van der Waals surface area contributed by atoms with Gasteiger partial charge >= 0.3 is 0 Å². The van der Waals surface area contributed by atoms with Crippen LogP contribution in [0.1, 0.15) is 131 Å². The monoisotopic (exact) mass is 642 g/mol. The molecular formula is C45H54O3. The van der Waals surface area contributed by atoms with Gasteiger partial charge in [-0.2, -0.15) is 0 Å². The summed E-state index contributed by atoms with van der Waals surface area (Å²) >= 11 is 0. The van der Waals surface area contributed by atoms with E-state index < -0.39 is 0 Å². The van der Waals surface area contributed by atoms with Crippen LogP contribution < -0.4 is 14.2 Å². The first-order chi connectivity index (χ1) is 23.7. The SMILES string of the molecule is CCCCCCOc1ccc2c(c1)Cc1c-2c2c(c3c1-c1ccc(OCCCCCC)cc1C3)-c1ccc(OCCCCCC)cc1C2. The van der Waals surface area contributed by atoms with Gasteiger partial charge < -0.3 is 14.2 Å². The minimum Gasteiger partial charge on any atom is -0.494 e. The smallest absolute Gasteiger partial charge is 0.119 e. The minimum atomic E-state index is 0.797. The number of benzene rings is 4. The van der Waals surface area contributed by atoms with E-state index in [2.05, 4.69) is 75.4 Å². The van der Waals surface area contributed by atoms with Crippen molar-refractivity contribution < 1.29 is 14.2 Å². The lowest BCUT2D eigenvalue weighted by molar-refractivity contribution is 0.305. The quantitative estimate of drug-likeness (QED) is 0.0872. The normalized spacial score (nSPS) is 13.1. The maximum Gasteiger partial charge on any atom is 0.119 e. The van der Waals surface area contributed by atoms with Crippen molar-refractivity contribution in [1.29, 1.82) is 0 Å². The van der Waals surface area contributed by atoms with Crippen molar-refractivity contribution >= 4 is 0 Å².